The molecule has 0 unspecified atom stereocenters. The predicted octanol–water partition coefficient (Wildman–Crippen LogP) is -2.50. The largest absolute Gasteiger partial charge is 0.383 e. The molecule has 10 N–H and O–H groups in total. The van der Waals surface area contributed by atoms with E-state index in [1.54, 1.807) is 0 Å². The molecule has 17 heteroatoms. The number of hydrogen-bond acceptors (Lipinski definition) is 9. The molecule has 0 saturated heterocycles. The third kappa shape index (κ3) is 9.73. The Labute approximate surface area is 229 Å². The van der Waals surface area contributed by atoms with Crippen molar-refractivity contribution in [3.8, 4) is 0 Å². The molecule has 2 atom stereocenters. The quantitative estimate of drug-likeness (QED) is 0.0603. The third-order valence-electron chi connectivity index (χ3n) is 5.77. The molecule has 40 heavy (non-hydrogen) atoms. The van der Waals surface area contributed by atoms with Gasteiger partial charge in [0.2, 0.25) is 23.6 Å². The molecule has 1 heterocycles. The average molecular weight is 563 g/mol. The van der Waals surface area contributed by atoms with E-state index in [0.717, 1.165) is 11.0 Å². The molecule has 218 valence electrons. The number of carbonyl (C=O) groups is 5. The van der Waals surface area contributed by atoms with Gasteiger partial charge in [-0.1, -0.05) is 0 Å². The molecule has 0 aromatic heterocycles. The zero-order valence-electron chi connectivity index (χ0n) is 22.0. The number of rotatable bonds is 7. The van der Waals surface area contributed by atoms with Crippen molar-refractivity contribution in [2.75, 3.05) is 38.0 Å². The molecule has 0 radical (unpaired) electrons. The van der Waals surface area contributed by atoms with E-state index < -0.39 is 58.8 Å². The Morgan fingerprint density at radius 1 is 1.12 bits per heavy atom. The third-order valence-corrected chi connectivity index (χ3v) is 5.77. The molecule has 1 aliphatic rings. The Hall–Kier alpha value is -4.96. The van der Waals surface area contributed by atoms with Crippen molar-refractivity contribution >= 4 is 46.9 Å². The number of carbonyl (C=O) groups excluding carboxylic acids is 5. The van der Waals surface area contributed by atoms with Gasteiger partial charge in [0.1, 0.15) is 17.6 Å². The normalized spacial score (nSPS) is 19.2. The molecule has 0 spiro atoms. The van der Waals surface area contributed by atoms with Crippen LogP contribution >= 0.6 is 0 Å². The standard InChI is InChI=1S/C23H34N10O7/c1-13-22(38)32(12-18(24)34)10-9-27-14-4-5-17(33(39)40)15(11-14)20(36)28-8-6-19(35)31-16(21(37)30-13)3-2-7-29-23(25)26/h4-5,11,13,16,27H,2-3,6-10,12H2,1H3,(H2,24,34)(H,28,36)(H,30,37)(H,31,35)(H4,25,26,29)/t13-,16-/m0/s1. The number of aliphatic imine (C=N–C) groups is 1. The molecular weight excluding hydrogens is 528 g/mol. The zero-order chi connectivity index (χ0) is 29.8. The summed E-state index contributed by atoms with van der Waals surface area (Å²) in [5.41, 5.74) is 15.6. The van der Waals surface area contributed by atoms with Crippen molar-refractivity contribution in [3.05, 3.63) is 33.9 Å². The number of amides is 5. The predicted molar refractivity (Wildman–Crippen MR) is 144 cm³/mol. The van der Waals surface area contributed by atoms with Crippen molar-refractivity contribution in [1.29, 1.82) is 0 Å². The first-order chi connectivity index (χ1) is 18.9. The SMILES string of the molecule is C[C@@H]1NC(=O)[C@H](CCCN=C(N)N)NC(=O)CCNC(=O)c2cc(ccc2[N+](=O)[O-])NCCN(CC(N)=O)C1=O. The smallest absolute Gasteiger partial charge is 0.282 e. The molecule has 17 nitrogen and oxygen atoms in total. The lowest BCUT2D eigenvalue weighted by atomic mass is 10.1. The van der Waals surface area contributed by atoms with Crippen LogP contribution in [0.25, 0.3) is 0 Å². The molecule has 0 aliphatic carbocycles. The molecule has 2 bridgehead atoms. The summed E-state index contributed by atoms with van der Waals surface area (Å²) < 4.78 is 0. The van der Waals surface area contributed by atoms with Crippen LogP contribution in [0.2, 0.25) is 0 Å². The van der Waals surface area contributed by atoms with Crippen LogP contribution in [0.15, 0.2) is 23.2 Å². The summed E-state index contributed by atoms with van der Waals surface area (Å²) in [5.74, 6) is -3.56. The summed E-state index contributed by atoms with van der Waals surface area (Å²) >= 11 is 0. The van der Waals surface area contributed by atoms with Gasteiger partial charge in [0, 0.05) is 44.4 Å². The van der Waals surface area contributed by atoms with Gasteiger partial charge in [-0.05, 0) is 31.9 Å². The number of benzene rings is 1. The van der Waals surface area contributed by atoms with E-state index >= 15 is 0 Å². The summed E-state index contributed by atoms with van der Waals surface area (Å²) in [4.78, 5) is 78.7. The fraction of sp³-hybridized carbons (Fsp3) is 0.478. The number of nitrogens with one attached hydrogen (secondary N) is 4. The van der Waals surface area contributed by atoms with Gasteiger partial charge in [-0.3, -0.25) is 39.1 Å². The second-order valence-electron chi connectivity index (χ2n) is 8.95. The highest BCUT2D eigenvalue weighted by molar-refractivity contribution is 5.99. The van der Waals surface area contributed by atoms with E-state index in [0.29, 0.717) is 12.1 Å². The highest BCUT2D eigenvalue weighted by Gasteiger charge is 2.28. The van der Waals surface area contributed by atoms with Gasteiger partial charge in [-0.15, -0.1) is 0 Å². The molecular formula is C23H34N10O7. The summed E-state index contributed by atoms with van der Waals surface area (Å²) in [6.07, 6.45) is 0.195. The minimum atomic E-state index is -1.08. The number of fused-ring (bicyclic) bond motifs is 2. The maximum absolute atomic E-state index is 13.1. The monoisotopic (exact) mass is 562 g/mol. The molecule has 0 fully saturated rings. The van der Waals surface area contributed by atoms with Gasteiger partial charge in [0.25, 0.3) is 11.6 Å². The maximum Gasteiger partial charge on any atom is 0.282 e. The van der Waals surface area contributed by atoms with Crippen LogP contribution in [0.3, 0.4) is 0 Å². The fourth-order valence-corrected chi connectivity index (χ4v) is 3.85. The number of nitro benzene ring substituents is 1. The summed E-state index contributed by atoms with van der Waals surface area (Å²) in [6, 6.07) is 1.66. The summed E-state index contributed by atoms with van der Waals surface area (Å²) in [7, 11) is 0. The van der Waals surface area contributed by atoms with Gasteiger partial charge in [0.05, 0.1) is 11.5 Å². The molecule has 1 aromatic rings. The van der Waals surface area contributed by atoms with Crippen LogP contribution < -0.4 is 38.5 Å². The molecule has 1 aromatic carbocycles. The van der Waals surface area contributed by atoms with Gasteiger partial charge in [0.15, 0.2) is 5.96 Å². The van der Waals surface area contributed by atoms with Gasteiger partial charge < -0.3 is 43.4 Å². The minimum absolute atomic E-state index is 0.0286. The molecule has 5 amide bonds. The first-order valence-electron chi connectivity index (χ1n) is 12.4. The van der Waals surface area contributed by atoms with Crippen molar-refractivity contribution in [1.82, 2.24) is 20.9 Å². The number of guanidine groups is 1. The van der Waals surface area contributed by atoms with Crippen LogP contribution in [-0.2, 0) is 19.2 Å². The van der Waals surface area contributed by atoms with Gasteiger partial charge in [-0.25, -0.2) is 0 Å². The van der Waals surface area contributed by atoms with Crippen molar-refractivity contribution in [2.45, 2.75) is 38.3 Å². The van der Waals surface area contributed by atoms with Crippen LogP contribution in [0.5, 0.6) is 0 Å². The Morgan fingerprint density at radius 2 is 1.85 bits per heavy atom. The molecule has 1 aliphatic heterocycles. The van der Waals surface area contributed by atoms with E-state index in [9.17, 15) is 34.1 Å². The molecule has 2 rings (SSSR count). The maximum atomic E-state index is 13.1. The van der Waals surface area contributed by atoms with E-state index in [-0.39, 0.29) is 50.5 Å². The average Bonchev–Trinajstić information content (AvgIpc) is 2.88. The van der Waals surface area contributed by atoms with Crippen LogP contribution in [0, 0.1) is 10.1 Å². The Morgan fingerprint density at radius 3 is 2.50 bits per heavy atom. The highest BCUT2D eigenvalue weighted by Crippen LogP contribution is 2.22. The van der Waals surface area contributed by atoms with Crippen molar-refractivity contribution in [3.63, 3.8) is 0 Å². The highest BCUT2D eigenvalue weighted by atomic mass is 16.6. The van der Waals surface area contributed by atoms with Crippen LogP contribution in [0.1, 0.15) is 36.5 Å². The van der Waals surface area contributed by atoms with E-state index in [1.807, 2.05) is 0 Å². The van der Waals surface area contributed by atoms with Crippen LogP contribution in [0.4, 0.5) is 11.4 Å². The summed E-state index contributed by atoms with van der Waals surface area (Å²) in [6.45, 7) is 1.06. The number of nitrogens with zero attached hydrogens (tertiary/aromatic N) is 3. The topological polar surface area (TPSA) is 270 Å². The zero-order valence-corrected chi connectivity index (χ0v) is 22.0. The first-order valence-corrected chi connectivity index (χ1v) is 12.4. The number of nitrogens with two attached hydrogens (primary N) is 3. The van der Waals surface area contributed by atoms with E-state index in [2.05, 4.69) is 26.3 Å². The van der Waals surface area contributed by atoms with E-state index in [1.165, 1.54) is 19.1 Å². The van der Waals surface area contributed by atoms with Gasteiger partial charge in [-0.2, -0.15) is 0 Å². The minimum Gasteiger partial charge on any atom is -0.383 e. The lowest BCUT2D eigenvalue weighted by molar-refractivity contribution is -0.385. The fourth-order valence-electron chi connectivity index (χ4n) is 3.85. The van der Waals surface area contributed by atoms with E-state index in [4.69, 9.17) is 17.2 Å². The lowest BCUT2D eigenvalue weighted by Gasteiger charge is -2.27. The second-order valence-corrected chi connectivity index (χ2v) is 8.95. The number of primary amides is 1. The lowest BCUT2D eigenvalue weighted by Crippen LogP contribution is -2.55. The molecule has 0 saturated carbocycles. The van der Waals surface area contributed by atoms with Gasteiger partial charge >= 0.3 is 0 Å². The Balaban J connectivity index is 2.35. The number of nitro groups is 1. The first kappa shape index (κ1) is 31.3. The summed E-state index contributed by atoms with van der Waals surface area (Å²) in [5, 5.41) is 22.0. The Kier molecular flexibility index (Phi) is 11.6. The van der Waals surface area contributed by atoms with Crippen molar-refractivity contribution < 1.29 is 28.9 Å². The number of hydrogen-bond donors (Lipinski definition) is 7. The number of anilines is 1. The van der Waals surface area contributed by atoms with Crippen LogP contribution in [-0.4, -0.2) is 90.1 Å². The second kappa shape index (κ2) is 14.8. The Bertz CT molecular complexity index is 1170. The van der Waals surface area contributed by atoms with Crippen molar-refractivity contribution in [2.24, 2.45) is 22.2 Å².